The lowest BCUT2D eigenvalue weighted by atomic mass is 10.1. The van der Waals surface area contributed by atoms with E-state index in [0.29, 0.717) is 0 Å². The molecule has 0 aliphatic carbocycles. The van der Waals surface area contributed by atoms with Crippen LogP contribution in [-0.2, 0) is 6.54 Å². The fourth-order valence-corrected chi connectivity index (χ4v) is 1.50. The summed E-state index contributed by atoms with van der Waals surface area (Å²) in [4.78, 5) is 2.31. The van der Waals surface area contributed by atoms with Crippen molar-refractivity contribution < 1.29 is 0 Å². The van der Waals surface area contributed by atoms with Gasteiger partial charge in [0.05, 0.1) is 11.6 Å². The normalized spacial score (nSPS) is 10.3. The van der Waals surface area contributed by atoms with Crippen LogP contribution in [0.15, 0.2) is 24.3 Å². The van der Waals surface area contributed by atoms with Gasteiger partial charge in [-0.2, -0.15) is 5.26 Å². The van der Waals surface area contributed by atoms with Gasteiger partial charge in [0.25, 0.3) is 0 Å². The summed E-state index contributed by atoms with van der Waals surface area (Å²) in [5.41, 5.74) is 2.00. The first kappa shape index (κ1) is 11.7. The molecule has 15 heavy (non-hydrogen) atoms. The minimum Gasteiger partial charge on any atom is -0.302 e. The average molecular weight is 202 g/mol. The van der Waals surface area contributed by atoms with Gasteiger partial charge in [-0.15, -0.1) is 0 Å². The summed E-state index contributed by atoms with van der Waals surface area (Å²) in [7, 11) is 2.13. The van der Waals surface area contributed by atoms with Gasteiger partial charge in [-0.25, -0.2) is 0 Å². The monoisotopic (exact) mass is 202 g/mol. The van der Waals surface area contributed by atoms with Crippen LogP contribution in [0.4, 0.5) is 0 Å². The Labute approximate surface area is 92.1 Å². The molecule has 0 spiro atoms. The molecule has 80 valence electrons. The maximum Gasteiger partial charge on any atom is 0.0991 e. The van der Waals surface area contributed by atoms with Crippen LogP contribution in [0.3, 0.4) is 0 Å². The van der Waals surface area contributed by atoms with Gasteiger partial charge in [-0.3, -0.25) is 0 Å². The lowest BCUT2D eigenvalue weighted by Gasteiger charge is -2.15. The van der Waals surface area contributed by atoms with Crippen LogP contribution < -0.4 is 0 Å². The van der Waals surface area contributed by atoms with Crippen molar-refractivity contribution in [2.75, 3.05) is 13.6 Å². The molecule has 2 nitrogen and oxygen atoms in total. The van der Waals surface area contributed by atoms with E-state index >= 15 is 0 Å². The Balaban J connectivity index is 2.47. The maximum absolute atomic E-state index is 8.67. The molecule has 0 saturated carbocycles. The number of unbranched alkanes of at least 4 members (excludes halogenated alkanes) is 1. The second kappa shape index (κ2) is 6.21. The molecule has 1 aromatic carbocycles. The van der Waals surface area contributed by atoms with Crippen LogP contribution in [0.25, 0.3) is 0 Å². The molecule has 0 saturated heterocycles. The molecule has 0 amide bonds. The Kier molecular flexibility index (Phi) is 4.86. The summed E-state index contributed by atoms with van der Waals surface area (Å²) >= 11 is 0. The molecule has 0 radical (unpaired) electrons. The lowest BCUT2D eigenvalue weighted by molar-refractivity contribution is 0.321. The molecule has 0 bridgehead atoms. The summed E-state index contributed by atoms with van der Waals surface area (Å²) in [6, 6.07) is 9.94. The van der Waals surface area contributed by atoms with Crippen molar-refractivity contribution in [3.05, 3.63) is 35.4 Å². The van der Waals surface area contributed by atoms with Gasteiger partial charge in [0.15, 0.2) is 0 Å². The van der Waals surface area contributed by atoms with Crippen LogP contribution in [0.1, 0.15) is 30.9 Å². The van der Waals surface area contributed by atoms with E-state index in [1.165, 1.54) is 18.4 Å². The van der Waals surface area contributed by atoms with E-state index in [2.05, 4.69) is 24.9 Å². The molecular formula is C13H18N2. The van der Waals surface area contributed by atoms with E-state index in [1.54, 1.807) is 0 Å². The molecule has 0 atom stereocenters. The molecule has 0 aliphatic heterocycles. The van der Waals surface area contributed by atoms with E-state index < -0.39 is 0 Å². The molecule has 0 aliphatic rings. The van der Waals surface area contributed by atoms with E-state index in [9.17, 15) is 0 Å². The first-order valence-electron chi connectivity index (χ1n) is 5.44. The summed E-state index contributed by atoms with van der Waals surface area (Å²) in [5, 5.41) is 8.67. The van der Waals surface area contributed by atoms with Crippen LogP contribution >= 0.6 is 0 Å². The first-order chi connectivity index (χ1) is 7.26. The highest BCUT2D eigenvalue weighted by Crippen LogP contribution is 2.06. The highest BCUT2D eigenvalue weighted by atomic mass is 15.1. The van der Waals surface area contributed by atoms with Crippen molar-refractivity contribution in [3.8, 4) is 6.07 Å². The zero-order chi connectivity index (χ0) is 11.1. The number of nitrogens with zero attached hydrogens (tertiary/aromatic N) is 2. The van der Waals surface area contributed by atoms with Crippen molar-refractivity contribution >= 4 is 0 Å². The molecule has 0 aromatic heterocycles. The predicted octanol–water partition coefficient (Wildman–Crippen LogP) is 2.79. The van der Waals surface area contributed by atoms with Crippen molar-refractivity contribution in [3.63, 3.8) is 0 Å². The standard InChI is InChI=1S/C13H18N2/c1-3-4-9-15(2)11-13-7-5-12(10-14)6-8-13/h5-8H,3-4,9,11H2,1-2H3. The van der Waals surface area contributed by atoms with Crippen molar-refractivity contribution in [1.82, 2.24) is 4.90 Å². The molecule has 0 N–H and O–H groups in total. The van der Waals surface area contributed by atoms with Gasteiger partial charge in [0, 0.05) is 6.54 Å². The quantitative estimate of drug-likeness (QED) is 0.734. The first-order valence-corrected chi connectivity index (χ1v) is 5.44. The molecule has 0 unspecified atom stereocenters. The van der Waals surface area contributed by atoms with Gasteiger partial charge in [0.2, 0.25) is 0 Å². The largest absolute Gasteiger partial charge is 0.302 e. The average Bonchev–Trinajstić information content (AvgIpc) is 2.27. The number of rotatable bonds is 5. The lowest BCUT2D eigenvalue weighted by Crippen LogP contribution is -2.18. The zero-order valence-corrected chi connectivity index (χ0v) is 9.53. The summed E-state index contributed by atoms with van der Waals surface area (Å²) in [6.45, 7) is 4.30. The topological polar surface area (TPSA) is 27.0 Å². The Morgan fingerprint density at radius 2 is 1.93 bits per heavy atom. The van der Waals surface area contributed by atoms with E-state index in [1.807, 2.05) is 24.3 Å². The maximum atomic E-state index is 8.67. The highest BCUT2D eigenvalue weighted by Gasteiger charge is 1.99. The smallest absolute Gasteiger partial charge is 0.0991 e. The number of nitriles is 1. The van der Waals surface area contributed by atoms with E-state index in [0.717, 1.165) is 18.7 Å². The van der Waals surface area contributed by atoms with Gasteiger partial charge >= 0.3 is 0 Å². The van der Waals surface area contributed by atoms with Crippen molar-refractivity contribution in [2.24, 2.45) is 0 Å². The van der Waals surface area contributed by atoms with E-state index in [4.69, 9.17) is 5.26 Å². The molecule has 0 fully saturated rings. The predicted molar refractivity (Wildman–Crippen MR) is 62.4 cm³/mol. The molecule has 1 aromatic rings. The fourth-order valence-electron chi connectivity index (χ4n) is 1.50. The molecular weight excluding hydrogens is 184 g/mol. The Hall–Kier alpha value is -1.33. The second-order valence-electron chi connectivity index (χ2n) is 3.90. The molecule has 1 rings (SSSR count). The second-order valence-corrected chi connectivity index (χ2v) is 3.90. The summed E-state index contributed by atoms with van der Waals surface area (Å²) in [6.07, 6.45) is 2.48. The van der Waals surface area contributed by atoms with Crippen LogP contribution in [0.5, 0.6) is 0 Å². The third kappa shape index (κ3) is 4.14. The third-order valence-corrected chi connectivity index (χ3v) is 2.43. The Morgan fingerprint density at radius 3 is 2.47 bits per heavy atom. The van der Waals surface area contributed by atoms with Gasteiger partial charge in [0.1, 0.15) is 0 Å². The number of hydrogen-bond donors (Lipinski definition) is 0. The molecule has 2 heteroatoms. The minimum absolute atomic E-state index is 0.731. The van der Waals surface area contributed by atoms with Gasteiger partial charge in [-0.05, 0) is 37.7 Å². The fraction of sp³-hybridized carbons (Fsp3) is 0.462. The van der Waals surface area contributed by atoms with Crippen LogP contribution in [-0.4, -0.2) is 18.5 Å². The Morgan fingerprint density at radius 1 is 1.27 bits per heavy atom. The SMILES string of the molecule is CCCCN(C)Cc1ccc(C#N)cc1. The van der Waals surface area contributed by atoms with Crippen LogP contribution in [0.2, 0.25) is 0 Å². The molecule has 0 heterocycles. The third-order valence-electron chi connectivity index (χ3n) is 2.43. The summed E-state index contributed by atoms with van der Waals surface area (Å²) < 4.78 is 0. The van der Waals surface area contributed by atoms with Gasteiger partial charge < -0.3 is 4.90 Å². The number of benzene rings is 1. The Bertz CT molecular complexity index is 321. The highest BCUT2D eigenvalue weighted by molar-refractivity contribution is 5.31. The van der Waals surface area contributed by atoms with Crippen molar-refractivity contribution in [2.45, 2.75) is 26.3 Å². The summed E-state index contributed by atoms with van der Waals surface area (Å²) in [5.74, 6) is 0. The zero-order valence-electron chi connectivity index (χ0n) is 9.53. The van der Waals surface area contributed by atoms with Crippen LogP contribution in [0, 0.1) is 11.3 Å². The van der Waals surface area contributed by atoms with Crippen molar-refractivity contribution in [1.29, 1.82) is 5.26 Å². The van der Waals surface area contributed by atoms with E-state index in [-0.39, 0.29) is 0 Å². The minimum atomic E-state index is 0.731. The number of hydrogen-bond acceptors (Lipinski definition) is 2. The van der Waals surface area contributed by atoms with Gasteiger partial charge in [-0.1, -0.05) is 25.5 Å².